The monoisotopic (exact) mass is 219 g/mol. The smallest absolute Gasteiger partial charge is 0.319 e. The first kappa shape index (κ1) is 10.8. The second-order valence-corrected chi connectivity index (χ2v) is 4.33. The molecule has 0 aromatic heterocycles. The van der Waals surface area contributed by atoms with Crippen LogP contribution in [0.4, 0.5) is 10.5 Å². The minimum atomic E-state index is 0.0630. The lowest BCUT2D eigenvalue weighted by Gasteiger charge is -2.31. The van der Waals surface area contributed by atoms with Crippen molar-refractivity contribution in [1.29, 1.82) is 0 Å². The molecule has 16 heavy (non-hydrogen) atoms. The Bertz CT molecular complexity index is 415. The third-order valence-electron chi connectivity index (χ3n) is 2.96. The van der Waals surface area contributed by atoms with E-state index < -0.39 is 0 Å². The number of anilines is 1. The highest BCUT2D eigenvalue weighted by Gasteiger charge is 2.22. The second-order valence-electron chi connectivity index (χ2n) is 4.33. The molecular weight excluding hydrogens is 202 g/mol. The van der Waals surface area contributed by atoms with Crippen molar-refractivity contribution in [2.45, 2.75) is 13.0 Å². The Kier molecular flexibility index (Phi) is 2.73. The number of carbonyl (C=O) groups is 1. The third-order valence-corrected chi connectivity index (χ3v) is 2.96. The number of benzene rings is 1. The largest absolute Gasteiger partial charge is 0.398 e. The molecule has 4 heteroatoms. The molecule has 0 unspecified atom stereocenters. The molecule has 2 N–H and O–H groups in total. The lowest BCUT2D eigenvalue weighted by molar-refractivity contribution is 0.165. The van der Waals surface area contributed by atoms with Crippen molar-refractivity contribution in [2.75, 3.05) is 26.4 Å². The van der Waals surface area contributed by atoms with Gasteiger partial charge in [-0.15, -0.1) is 0 Å². The average Bonchev–Trinajstić information content (AvgIpc) is 2.28. The standard InChI is InChI=1S/C12H17N3O/c1-14(2)12(16)15-7-6-10-9(8-15)4-3-5-11(10)13/h3-5H,6-8,13H2,1-2H3. The Morgan fingerprint density at radius 2 is 2.19 bits per heavy atom. The summed E-state index contributed by atoms with van der Waals surface area (Å²) in [6.45, 7) is 1.41. The number of fused-ring (bicyclic) bond motifs is 1. The zero-order valence-corrected chi connectivity index (χ0v) is 9.73. The van der Waals surface area contributed by atoms with Crippen LogP contribution in [0.2, 0.25) is 0 Å². The highest BCUT2D eigenvalue weighted by molar-refractivity contribution is 5.74. The van der Waals surface area contributed by atoms with E-state index in [0.717, 1.165) is 18.7 Å². The van der Waals surface area contributed by atoms with Crippen molar-refractivity contribution in [3.63, 3.8) is 0 Å². The van der Waals surface area contributed by atoms with Crippen LogP contribution in [-0.4, -0.2) is 36.5 Å². The van der Waals surface area contributed by atoms with Crippen LogP contribution in [0.25, 0.3) is 0 Å². The number of hydrogen-bond donors (Lipinski definition) is 1. The molecule has 1 aromatic carbocycles. The van der Waals surface area contributed by atoms with Crippen LogP contribution in [0.15, 0.2) is 18.2 Å². The van der Waals surface area contributed by atoms with Gasteiger partial charge in [-0.2, -0.15) is 0 Å². The Hall–Kier alpha value is -1.71. The van der Waals surface area contributed by atoms with Gasteiger partial charge in [0.2, 0.25) is 0 Å². The van der Waals surface area contributed by atoms with Crippen molar-refractivity contribution in [2.24, 2.45) is 0 Å². The van der Waals surface area contributed by atoms with E-state index in [4.69, 9.17) is 5.73 Å². The Balaban J connectivity index is 2.21. The van der Waals surface area contributed by atoms with Crippen LogP contribution in [0.5, 0.6) is 0 Å². The number of carbonyl (C=O) groups excluding carboxylic acids is 1. The van der Waals surface area contributed by atoms with Crippen LogP contribution in [0.3, 0.4) is 0 Å². The molecule has 0 aliphatic carbocycles. The third kappa shape index (κ3) is 1.83. The van der Waals surface area contributed by atoms with E-state index in [-0.39, 0.29) is 6.03 Å². The number of urea groups is 1. The molecule has 4 nitrogen and oxygen atoms in total. The van der Waals surface area contributed by atoms with E-state index in [1.165, 1.54) is 11.1 Å². The lowest BCUT2D eigenvalue weighted by atomic mass is 9.98. The predicted octanol–water partition coefficient (Wildman–Crippen LogP) is 1.31. The maximum absolute atomic E-state index is 11.8. The first-order valence-electron chi connectivity index (χ1n) is 5.42. The molecule has 0 bridgehead atoms. The number of nitrogens with zero attached hydrogens (tertiary/aromatic N) is 2. The molecule has 1 aromatic rings. The fourth-order valence-electron chi connectivity index (χ4n) is 2.09. The number of rotatable bonds is 0. The van der Waals surface area contributed by atoms with Gasteiger partial charge in [-0.1, -0.05) is 12.1 Å². The molecule has 2 amide bonds. The van der Waals surface area contributed by atoms with Crippen LogP contribution < -0.4 is 5.73 Å². The summed E-state index contributed by atoms with van der Waals surface area (Å²) in [7, 11) is 3.55. The van der Waals surface area contributed by atoms with E-state index in [1.54, 1.807) is 19.0 Å². The fourth-order valence-corrected chi connectivity index (χ4v) is 2.09. The first-order valence-corrected chi connectivity index (χ1v) is 5.42. The van der Waals surface area contributed by atoms with E-state index in [2.05, 4.69) is 0 Å². The van der Waals surface area contributed by atoms with Crippen LogP contribution in [0.1, 0.15) is 11.1 Å². The predicted molar refractivity (Wildman–Crippen MR) is 64.1 cm³/mol. The van der Waals surface area contributed by atoms with Gasteiger partial charge < -0.3 is 15.5 Å². The molecule has 0 spiro atoms. The normalized spacial score (nSPS) is 14.5. The van der Waals surface area contributed by atoms with Crippen molar-refractivity contribution in [3.05, 3.63) is 29.3 Å². The number of hydrogen-bond acceptors (Lipinski definition) is 2. The first-order chi connectivity index (χ1) is 7.59. The number of amides is 2. The molecule has 86 valence electrons. The molecule has 1 heterocycles. The molecular formula is C12H17N3O. The van der Waals surface area contributed by atoms with Gasteiger partial charge in [0.1, 0.15) is 0 Å². The van der Waals surface area contributed by atoms with Gasteiger partial charge in [-0.3, -0.25) is 0 Å². The number of nitrogen functional groups attached to an aromatic ring is 1. The van der Waals surface area contributed by atoms with Crippen LogP contribution in [-0.2, 0) is 13.0 Å². The van der Waals surface area contributed by atoms with Crippen molar-refractivity contribution < 1.29 is 4.79 Å². The summed E-state index contributed by atoms with van der Waals surface area (Å²) in [6.07, 6.45) is 0.849. The van der Waals surface area contributed by atoms with Crippen molar-refractivity contribution in [1.82, 2.24) is 9.80 Å². The maximum Gasteiger partial charge on any atom is 0.319 e. The van der Waals surface area contributed by atoms with Crippen LogP contribution in [0, 0.1) is 0 Å². The molecule has 0 atom stereocenters. The number of nitrogens with two attached hydrogens (primary N) is 1. The zero-order chi connectivity index (χ0) is 11.7. The molecule has 2 rings (SSSR count). The van der Waals surface area contributed by atoms with Gasteiger partial charge >= 0.3 is 6.03 Å². The van der Waals surface area contributed by atoms with Gasteiger partial charge in [0, 0.05) is 32.9 Å². The summed E-state index contributed by atoms with van der Waals surface area (Å²) < 4.78 is 0. The van der Waals surface area contributed by atoms with E-state index in [0.29, 0.717) is 6.54 Å². The molecule has 0 radical (unpaired) electrons. The van der Waals surface area contributed by atoms with Crippen LogP contribution >= 0.6 is 0 Å². The van der Waals surface area contributed by atoms with Gasteiger partial charge in [0.05, 0.1) is 0 Å². The Labute approximate surface area is 95.6 Å². The zero-order valence-electron chi connectivity index (χ0n) is 9.73. The topological polar surface area (TPSA) is 49.6 Å². The van der Waals surface area contributed by atoms with Crippen molar-refractivity contribution >= 4 is 11.7 Å². The Morgan fingerprint density at radius 1 is 1.44 bits per heavy atom. The summed E-state index contributed by atoms with van der Waals surface area (Å²) in [5.41, 5.74) is 9.12. The SMILES string of the molecule is CN(C)C(=O)N1CCc2c(N)cccc2C1. The lowest BCUT2D eigenvalue weighted by Crippen LogP contribution is -2.42. The molecule has 0 fully saturated rings. The summed E-state index contributed by atoms with van der Waals surface area (Å²) >= 11 is 0. The van der Waals surface area contributed by atoms with Gasteiger partial charge in [0.15, 0.2) is 0 Å². The fraction of sp³-hybridized carbons (Fsp3) is 0.417. The highest BCUT2D eigenvalue weighted by Crippen LogP contribution is 2.24. The van der Waals surface area contributed by atoms with Crippen molar-refractivity contribution in [3.8, 4) is 0 Å². The Morgan fingerprint density at radius 3 is 2.88 bits per heavy atom. The summed E-state index contributed by atoms with van der Waals surface area (Å²) in [5.74, 6) is 0. The van der Waals surface area contributed by atoms with Gasteiger partial charge in [0.25, 0.3) is 0 Å². The maximum atomic E-state index is 11.8. The summed E-state index contributed by atoms with van der Waals surface area (Å²) in [6, 6.07) is 5.97. The summed E-state index contributed by atoms with van der Waals surface area (Å²) in [4.78, 5) is 15.3. The molecule has 0 saturated carbocycles. The molecule has 1 aliphatic heterocycles. The van der Waals surface area contributed by atoms with Gasteiger partial charge in [-0.05, 0) is 23.6 Å². The average molecular weight is 219 g/mol. The minimum absolute atomic E-state index is 0.0630. The quantitative estimate of drug-likeness (QED) is 0.669. The summed E-state index contributed by atoms with van der Waals surface area (Å²) in [5, 5.41) is 0. The minimum Gasteiger partial charge on any atom is -0.398 e. The highest BCUT2D eigenvalue weighted by atomic mass is 16.2. The van der Waals surface area contributed by atoms with E-state index >= 15 is 0 Å². The molecule has 1 aliphatic rings. The molecule has 0 saturated heterocycles. The van der Waals surface area contributed by atoms with E-state index in [1.807, 2.05) is 23.1 Å². The van der Waals surface area contributed by atoms with Gasteiger partial charge in [-0.25, -0.2) is 4.79 Å². The second kappa shape index (κ2) is 4.04. The van der Waals surface area contributed by atoms with E-state index in [9.17, 15) is 4.79 Å².